The number of carbonyl (C=O) groups excluding carboxylic acids is 1. The minimum atomic E-state index is -0.200. The Morgan fingerprint density at radius 3 is 2.71 bits per heavy atom. The van der Waals surface area contributed by atoms with Gasteiger partial charge < -0.3 is 10.1 Å². The number of pyridine rings is 1. The molecule has 0 saturated carbocycles. The minimum Gasteiger partial charge on any atom is -0.496 e. The Bertz CT molecular complexity index is 631. The first-order valence-electron chi connectivity index (χ1n) is 6.72. The van der Waals surface area contributed by atoms with Crippen molar-refractivity contribution in [1.29, 1.82) is 0 Å². The highest BCUT2D eigenvalue weighted by atomic mass is 79.9. The van der Waals surface area contributed by atoms with Crippen LogP contribution in [0.4, 0.5) is 0 Å². The molecular formula is C16H17BrN2O2. The summed E-state index contributed by atoms with van der Waals surface area (Å²) < 4.78 is 6.00. The maximum Gasteiger partial charge on any atom is 0.270 e. The highest BCUT2D eigenvalue weighted by Gasteiger charge is 2.18. The molecule has 0 aliphatic carbocycles. The lowest BCUT2D eigenvalue weighted by Gasteiger charge is -2.19. The van der Waals surface area contributed by atoms with E-state index in [-0.39, 0.29) is 11.9 Å². The third-order valence-corrected chi connectivity index (χ3v) is 3.62. The van der Waals surface area contributed by atoms with Crippen molar-refractivity contribution in [2.45, 2.75) is 19.4 Å². The zero-order chi connectivity index (χ0) is 15.2. The summed E-state index contributed by atoms with van der Waals surface area (Å²) in [6.07, 6.45) is 0.764. The molecule has 0 spiro atoms. The van der Waals surface area contributed by atoms with Crippen molar-refractivity contribution in [3.05, 3.63) is 58.3 Å². The van der Waals surface area contributed by atoms with Gasteiger partial charge in [-0.25, -0.2) is 4.98 Å². The smallest absolute Gasteiger partial charge is 0.270 e. The number of methoxy groups -OCH3 is 1. The van der Waals surface area contributed by atoms with Crippen molar-refractivity contribution in [2.24, 2.45) is 0 Å². The number of halogens is 1. The summed E-state index contributed by atoms with van der Waals surface area (Å²) in [5, 5.41) is 3.00. The van der Waals surface area contributed by atoms with Crippen LogP contribution < -0.4 is 10.1 Å². The number of para-hydroxylation sites is 1. The lowest BCUT2D eigenvalue weighted by Crippen LogP contribution is -2.29. The molecule has 0 saturated heterocycles. The summed E-state index contributed by atoms with van der Waals surface area (Å²) in [7, 11) is 1.63. The molecule has 2 rings (SSSR count). The summed E-state index contributed by atoms with van der Waals surface area (Å²) in [5.41, 5.74) is 1.35. The van der Waals surface area contributed by atoms with Gasteiger partial charge in [0, 0.05) is 5.56 Å². The van der Waals surface area contributed by atoms with Gasteiger partial charge in [-0.2, -0.15) is 0 Å². The van der Waals surface area contributed by atoms with Crippen LogP contribution in [-0.4, -0.2) is 18.0 Å². The highest BCUT2D eigenvalue weighted by molar-refractivity contribution is 9.10. The summed E-state index contributed by atoms with van der Waals surface area (Å²) in [6, 6.07) is 12.8. The Morgan fingerprint density at radius 1 is 1.29 bits per heavy atom. The van der Waals surface area contributed by atoms with Crippen molar-refractivity contribution in [3.8, 4) is 5.75 Å². The summed E-state index contributed by atoms with van der Waals surface area (Å²) in [4.78, 5) is 16.5. The number of benzene rings is 1. The van der Waals surface area contributed by atoms with Crippen molar-refractivity contribution in [2.75, 3.05) is 7.11 Å². The first kappa shape index (κ1) is 15.5. The van der Waals surface area contributed by atoms with Gasteiger partial charge in [0.25, 0.3) is 5.91 Å². The molecule has 1 unspecified atom stereocenters. The molecule has 4 nitrogen and oxygen atoms in total. The Hall–Kier alpha value is -1.88. The van der Waals surface area contributed by atoms with Crippen LogP contribution in [0, 0.1) is 0 Å². The molecule has 1 amide bonds. The zero-order valence-electron chi connectivity index (χ0n) is 12.0. The SMILES string of the molecule is CCC(NC(=O)c1cccc(Br)n1)c1ccccc1OC. The van der Waals surface area contributed by atoms with E-state index >= 15 is 0 Å². The van der Waals surface area contributed by atoms with Gasteiger partial charge in [0.1, 0.15) is 16.0 Å². The van der Waals surface area contributed by atoms with Gasteiger partial charge in [-0.05, 0) is 40.5 Å². The fourth-order valence-electron chi connectivity index (χ4n) is 2.12. The van der Waals surface area contributed by atoms with Crippen molar-refractivity contribution >= 4 is 21.8 Å². The standard InChI is InChI=1S/C16H17BrN2O2/c1-3-12(11-7-4-5-9-14(11)21-2)19-16(20)13-8-6-10-15(17)18-13/h4-10,12H,3H2,1-2H3,(H,19,20). The van der Waals surface area contributed by atoms with Crippen LogP contribution in [-0.2, 0) is 0 Å². The van der Waals surface area contributed by atoms with Crippen molar-refractivity contribution in [3.63, 3.8) is 0 Å². The third kappa shape index (κ3) is 3.82. The molecule has 1 heterocycles. The number of hydrogen-bond donors (Lipinski definition) is 1. The summed E-state index contributed by atoms with van der Waals surface area (Å²) >= 11 is 3.27. The topological polar surface area (TPSA) is 51.2 Å². The number of nitrogens with zero attached hydrogens (tertiary/aromatic N) is 1. The Morgan fingerprint density at radius 2 is 2.05 bits per heavy atom. The summed E-state index contributed by atoms with van der Waals surface area (Å²) in [6.45, 7) is 2.02. The monoisotopic (exact) mass is 348 g/mol. The fourth-order valence-corrected chi connectivity index (χ4v) is 2.46. The number of nitrogens with one attached hydrogen (secondary N) is 1. The normalized spacial score (nSPS) is 11.8. The maximum absolute atomic E-state index is 12.3. The Labute approximate surface area is 132 Å². The van der Waals surface area contributed by atoms with Gasteiger partial charge in [-0.3, -0.25) is 4.79 Å². The zero-order valence-corrected chi connectivity index (χ0v) is 13.6. The van der Waals surface area contributed by atoms with Crippen LogP contribution in [0.15, 0.2) is 47.1 Å². The molecule has 5 heteroatoms. The van der Waals surface area contributed by atoms with Gasteiger partial charge in [0.2, 0.25) is 0 Å². The van der Waals surface area contributed by atoms with Gasteiger partial charge in [0.05, 0.1) is 13.2 Å². The number of carbonyl (C=O) groups is 1. The number of amides is 1. The van der Waals surface area contributed by atoms with E-state index in [4.69, 9.17) is 4.74 Å². The molecule has 0 bridgehead atoms. The molecular weight excluding hydrogens is 332 g/mol. The molecule has 21 heavy (non-hydrogen) atoms. The van der Waals surface area contributed by atoms with Gasteiger partial charge in [-0.15, -0.1) is 0 Å². The predicted molar refractivity (Wildman–Crippen MR) is 85.4 cm³/mol. The number of hydrogen-bond acceptors (Lipinski definition) is 3. The predicted octanol–water partition coefficient (Wildman–Crippen LogP) is 3.73. The van der Waals surface area contributed by atoms with Crippen molar-refractivity contribution in [1.82, 2.24) is 10.3 Å². The maximum atomic E-state index is 12.3. The van der Waals surface area contributed by atoms with Crippen LogP contribution in [0.25, 0.3) is 0 Å². The fraction of sp³-hybridized carbons (Fsp3) is 0.250. The molecule has 2 aromatic rings. The molecule has 0 fully saturated rings. The van der Waals surface area contributed by atoms with Gasteiger partial charge >= 0.3 is 0 Å². The van der Waals surface area contributed by atoms with E-state index in [1.165, 1.54) is 0 Å². The third-order valence-electron chi connectivity index (χ3n) is 3.18. The van der Waals surface area contributed by atoms with Crippen LogP contribution in [0.1, 0.15) is 35.4 Å². The average Bonchev–Trinajstić information content (AvgIpc) is 2.52. The van der Waals surface area contributed by atoms with E-state index in [0.29, 0.717) is 10.3 Å². The molecule has 0 aliphatic rings. The Kier molecular flexibility index (Phi) is 5.33. The summed E-state index contributed by atoms with van der Waals surface area (Å²) in [5.74, 6) is 0.570. The number of rotatable bonds is 5. The quantitative estimate of drug-likeness (QED) is 0.837. The van der Waals surface area contributed by atoms with E-state index in [1.807, 2.05) is 31.2 Å². The van der Waals surface area contributed by atoms with Crippen molar-refractivity contribution < 1.29 is 9.53 Å². The molecule has 0 radical (unpaired) electrons. The van der Waals surface area contributed by atoms with Crippen LogP contribution in [0.3, 0.4) is 0 Å². The van der Waals surface area contributed by atoms with Crippen LogP contribution in [0.5, 0.6) is 5.75 Å². The highest BCUT2D eigenvalue weighted by Crippen LogP contribution is 2.27. The minimum absolute atomic E-state index is 0.116. The van der Waals surface area contributed by atoms with E-state index in [2.05, 4.69) is 26.2 Å². The molecule has 1 atom stereocenters. The second-order valence-corrected chi connectivity index (χ2v) is 5.33. The largest absolute Gasteiger partial charge is 0.496 e. The number of aromatic nitrogens is 1. The number of ether oxygens (including phenoxy) is 1. The molecule has 110 valence electrons. The van der Waals surface area contributed by atoms with Crippen LogP contribution >= 0.6 is 15.9 Å². The second-order valence-electron chi connectivity index (χ2n) is 4.52. The van der Waals surface area contributed by atoms with E-state index in [1.54, 1.807) is 25.3 Å². The van der Waals surface area contributed by atoms with Gasteiger partial charge in [0.15, 0.2) is 0 Å². The van der Waals surface area contributed by atoms with E-state index in [9.17, 15) is 4.79 Å². The molecule has 1 N–H and O–H groups in total. The van der Waals surface area contributed by atoms with E-state index < -0.39 is 0 Å². The lowest BCUT2D eigenvalue weighted by atomic mass is 10.0. The van der Waals surface area contributed by atoms with Gasteiger partial charge in [-0.1, -0.05) is 31.2 Å². The van der Waals surface area contributed by atoms with Crippen LogP contribution in [0.2, 0.25) is 0 Å². The van der Waals surface area contributed by atoms with E-state index in [0.717, 1.165) is 17.7 Å². The average molecular weight is 349 g/mol. The first-order valence-corrected chi connectivity index (χ1v) is 7.51. The molecule has 1 aromatic carbocycles. The molecule has 0 aliphatic heterocycles. The Balaban J connectivity index is 2.21. The first-order chi connectivity index (χ1) is 10.2. The second kappa shape index (κ2) is 7.22. The lowest BCUT2D eigenvalue weighted by molar-refractivity contribution is 0.0930. The molecule has 1 aromatic heterocycles.